The van der Waals surface area contributed by atoms with Crippen molar-refractivity contribution in [1.82, 2.24) is 4.31 Å². The minimum atomic E-state index is -4.27. The Bertz CT molecular complexity index is 1440. The number of rotatable bonds is 6. The number of carbonyl (C=O) groups excluding carboxylic acids is 2. The highest BCUT2D eigenvalue weighted by molar-refractivity contribution is 7.89. The van der Waals surface area contributed by atoms with Crippen LogP contribution in [0, 0.1) is 0 Å². The molecule has 0 aromatic heterocycles. The highest BCUT2D eigenvalue weighted by atomic mass is 35.5. The van der Waals surface area contributed by atoms with Crippen LogP contribution in [-0.4, -0.2) is 45.4 Å². The highest BCUT2D eigenvalue weighted by Gasteiger charge is 2.41. The summed E-state index contributed by atoms with van der Waals surface area (Å²) < 4.78 is 38.0. The molecule has 4 rings (SSSR count). The predicted octanol–water partition coefficient (Wildman–Crippen LogP) is 3.92. The molecule has 1 N–H and O–H groups in total. The lowest BCUT2D eigenvalue weighted by Gasteiger charge is -2.32. The molecule has 0 aliphatic carbocycles. The first-order chi connectivity index (χ1) is 16.8. The van der Waals surface area contributed by atoms with E-state index < -0.39 is 28.4 Å². The number of hydrogen-bond acceptors (Lipinski definition) is 6. The van der Waals surface area contributed by atoms with E-state index in [9.17, 15) is 18.0 Å². The minimum Gasteiger partial charge on any atom is -0.495 e. The van der Waals surface area contributed by atoms with E-state index in [2.05, 4.69) is 5.32 Å². The zero-order chi connectivity index (χ0) is 25.2. The number of fused-ring (bicyclic) bond motifs is 1. The van der Waals surface area contributed by atoms with E-state index in [0.29, 0.717) is 28.1 Å². The number of amides is 1. The van der Waals surface area contributed by atoms with Crippen molar-refractivity contribution in [3.05, 3.63) is 94.6 Å². The minimum absolute atomic E-state index is 0.0215. The van der Waals surface area contributed by atoms with Crippen LogP contribution in [0.1, 0.15) is 11.1 Å². The van der Waals surface area contributed by atoms with E-state index in [1.54, 1.807) is 60.7 Å². The Morgan fingerprint density at radius 3 is 2.31 bits per heavy atom. The van der Waals surface area contributed by atoms with Crippen LogP contribution in [0.4, 0.5) is 5.69 Å². The maximum absolute atomic E-state index is 13.6. The van der Waals surface area contributed by atoms with Crippen molar-refractivity contribution in [3.8, 4) is 5.75 Å². The van der Waals surface area contributed by atoms with Crippen molar-refractivity contribution in [2.45, 2.75) is 4.90 Å². The topological polar surface area (TPSA) is 102 Å². The van der Waals surface area contributed by atoms with Crippen LogP contribution in [0.2, 0.25) is 5.02 Å². The van der Waals surface area contributed by atoms with E-state index >= 15 is 0 Å². The lowest BCUT2D eigenvalue weighted by Crippen LogP contribution is -2.43. The zero-order valence-electron chi connectivity index (χ0n) is 18.8. The second-order valence-electron chi connectivity index (χ2n) is 7.49. The van der Waals surface area contributed by atoms with Crippen molar-refractivity contribution >= 4 is 44.8 Å². The fraction of sp³-hybridized carbons (Fsp3) is 0.120. The maximum atomic E-state index is 13.6. The number of carbonyl (C=O) groups is 2. The standard InChI is InChI=1S/C25H21ClN2O6S/c1-33-20-13-12-17(14-19(20)26)27-22(29)15-28-24(25(30)34-2)23(16-8-4-3-5-9-16)18-10-6-7-11-21(18)35(28,31)32/h3-14H,15H2,1-2H3,(H,27,29). The molecule has 8 nitrogen and oxygen atoms in total. The lowest BCUT2D eigenvalue weighted by molar-refractivity contribution is -0.137. The summed E-state index contributed by atoms with van der Waals surface area (Å²) in [6.45, 7) is -0.666. The first-order valence-corrected chi connectivity index (χ1v) is 12.2. The molecule has 1 aliphatic rings. The van der Waals surface area contributed by atoms with Crippen LogP contribution < -0.4 is 10.1 Å². The number of anilines is 1. The largest absolute Gasteiger partial charge is 0.495 e. The number of methoxy groups -OCH3 is 2. The second kappa shape index (κ2) is 9.81. The third-order valence-electron chi connectivity index (χ3n) is 5.37. The van der Waals surface area contributed by atoms with Gasteiger partial charge in [0.1, 0.15) is 18.0 Å². The number of halogens is 1. The molecule has 0 atom stereocenters. The zero-order valence-corrected chi connectivity index (χ0v) is 20.4. The van der Waals surface area contributed by atoms with Crippen molar-refractivity contribution in [1.29, 1.82) is 0 Å². The Kier molecular flexibility index (Phi) is 6.81. The summed E-state index contributed by atoms with van der Waals surface area (Å²) in [4.78, 5) is 25.9. The molecule has 10 heteroatoms. The van der Waals surface area contributed by atoms with Gasteiger partial charge in [-0.3, -0.25) is 4.79 Å². The second-order valence-corrected chi connectivity index (χ2v) is 9.72. The molecule has 0 saturated carbocycles. The fourth-order valence-corrected chi connectivity index (χ4v) is 5.71. The van der Waals surface area contributed by atoms with Crippen LogP contribution in [0.15, 0.2) is 83.4 Å². The van der Waals surface area contributed by atoms with E-state index in [-0.39, 0.29) is 15.6 Å². The SMILES string of the molecule is COC(=O)C1=C(c2ccccc2)c2ccccc2S(=O)(=O)N1CC(=O)Nc1ccc(OC)c(Cl)c1. The molecule has 0 saturated heterocycles. The Labute approximate surface area is 207 Å². The number of ether oxygens (including phenoxy) is 2. The first kappa shape index (κ1) is 24.3. The number of sulfonamides is 1. The summed E-state index contributed by atoms with van der Waals surface area (Å²) in [6, 6.07) is 19.8. The van der Waals surface area contributed by atoms with Gasteiger partial charge in [-0.05, 0) is 29.8 Å². The van der Waals surface area contributed by atoms with Gasteiger partial charge in [-0.15, -0.1) is 0 Å². The number of hydrogen-bond donors (Lipinski definition) is 1. The van der Waals surface area contributed by atoms with Crippen molar-refractivity contribution in [3.63, 3.8) is 0 Å². The molecule has 35 heavy (non-hydrogen) atoms. The van der Waals surface area contributed by atoms with Gasteiger partial charge in [0.2, 0.25) is 5.91 Å². The molecule has 1 aliphatic heterocycles. The van der Waals surface area contributed by atoms with Gasteiger partial charge in [0.05, 0.1) is 24.1 Å². The Hall–Kier alpha value is -3.82. The predicted molar refractivity (Wildman–Crippen MR) is 131 cm³/mol. The van der Waals surface area contributed by atoms with Gasteiger partial charge in [0.15, 0.2) is 0 Å². The van der Waals surface area contributed by atoms with E-state index in [0.717, 1.165) is 11.4 Å². The summed E-state index contributed by atoms with van der Waals surface area (Å²) in [5.74, 6) is -1.14. The molecule has 0 fully saturated rings. The summed E-state index contributed by atoms with van der Waals surface area (Å²) in [6.07, 6.45) is 0. The van der Waals surface area contributed by atoms with Gasteiger partial charge < -0.3 is 14.8 Å². The molecule has 0 bridgehead atoms. The number of benzene rings is 3. The summed E-state index contributed by atoms with van der Waals surface area (Å²) in [5, 5.41) is 2.89. The molecule has 3 aromatic carbocycles. The number of nitrogens with one attached hydrogen (secondary N) is 1. The molecule has 0 radical (unpaired) electrons. The summed E-state index contributed by atoms with van der Waals surface area (Å²) in [5.41, 5.74) is 1.38. The molecular formula is C25H21ClN2O6S. The molecule has 180 valence electrons. The number of nitrogens with zero attached hydrogens (tertiary/aromatic N) is 1. The normalized spacial score (nSPS) is 14.2. The molecule has 0 unspecified atom stereocenters. The van der Waals surface area contributed by atoms with Gasteiger partial charge in [-0.2, -0.15) is 0 Å². The van der Waals surface area contributed by atoms with Crippen molar-refractivity contribution in [2.75, 3.05) is 26.1 Å². The van der Waals surface area contributed by atoms with Gasteiger partial charge in [0.25, 0.3) is 10.0 Å². The van der Waals surface area contributed by atoms with Gasteiger partial charge in [-0.1, -0.05) is 60.1 Å². The molecule has 3 aromatic rings. The molecule has 1 amide bonds. The quantitative estimate of drug-likeness (QED) is 0.502. The van der Waals surface area contributed by atoms with Crippen LogP contribution in [0.25, 0.3) is 5.57 Å². The van der Waals surface area contributed by atoms with E-state index in [1.165, 1.54) is 19.2 Å². The highest BCUT2D eigenvalue weighted by Crippen LogP contribution is 2.40. The van der Waals surface area contributed by atoms with Gasteiger partial charge in [-0.25, -0.2) is 17.5 Å². The summed E-state index contributed by atoms with van der Waals surface area (Å²) in [7, 11) is -1.65. The van der Waals surface area contributed by atoms with Crippen LogP contribution >= 0.6 is 11.6 Å². The Morgan fingerprint density at radius 2 is 1.66 bits per heavy atom. The maximum Gasteiger partial charge on any atom is 0.356 e. The fourth-order valence-electron chi connectivity index (χ4n) is 3.83. The molecule has 1 heterocycles. The van der Waals surface area contributed by atoms with E-state index in [4.69, 9.17) is 21.1 Å². The van der Waals surface area contributed by atoms with E-state index in [1.807, 2.05) is 0 Å². The Morgan fingerprint density at radius 1 is 0.971 bits per heavy atom. The summed E-state index contributed by atoms with van der Waals surface area (Å²) >= 11 is 6.13. The average Bonchev–Trinajstić information content (AvgIpc) is 2.86. The van der Waals surface area contributed by atoms with Crippen LogP contribution in [0.3, 0.4) is 0 Å². The smallest absolute Gasteiger partial charge is 0.356 e. The molecular weight excluding hydrogens is 492 g/mol. The van der Waals surface area contributed by atoms with Crippen molar-refractivity contribution < 1.29 is 27.5 Å². The van der Waals surface area contributed by atoms with Crippen LogP contribution in [-0.2, 0) is 24.3 Å². The third kappa shape index (κ3) is 4.60. The van der Waals surface area contributed by atoms with Gasteiger partial charge in [0, 0.05) is 16.8 Å². The van der Waals surface area contributed by atoms with Crippen LogP contribution in [0.5, 0.6) is 5.75 Å². The average molecular weight is 513 g/mol. The van der Waals surface area contributed by atoms with Gasteiger partial charge >= 0.3 is 5.97 Å². The molecule has 0 spiro atoms. The monoisotopic (exact) mass is 512 g/mol. The number of esters is 1. The first-order valence-electron chi connectivity index (χ1n) is 10.4. The Balaban J connectivity index is 1.82. The third-order valence-corrected chi connectivity index (χ3v) is 7.47. The lowest BCUT2D eigenvalue weighted by atomic mass is 9.95. The van der Waals surface area contributed by atoms with Crippen molar-refractivity contribution in [2.24, 2.45) is 0 Å².